The Morgan fingerprint density at radius 2 is 2.05 bits per heavy atom. The van der Waals surface area contributed by atoms with Gasteiger partial charge in [-0.05, 0) is 38.3 Å². The summed E-state index contributed by atoms with van der Waals surface area (Å²) in [7, 11) is 2.14. The quantitative estimate of drug-likeness (QED) is 0.883. The summed E-state index contributed by atoms with van der Waals surface area (Å²) < 4.78 is 0. The molecule has 110 valence electrons. The largest absolute Gasteiger partial charge is 0.370 e. The van der Waals surface area contributed by atoms with Crippen LogP contribution in [0.25, 0.3) is 10.2 Å². The van der Waals surface area contributed by atoms with Crippen molar-refractivity contribution in [1.29, 1.82) is 0 Å². The summed E-state index contributed by atoms with van der Waals surface area (Å²) in [6.45, 7) is 10.5. The van der Waals surface area contributed by atoms with Crippen molar-refractivity contribution >= 4 is 27.4 Å². The molecule has 1 atom stereocenters. The summed E-state index contributed by atoms with van der Waals surface area (Å²) in [4.78, 5) is 12.8. The third kappa shape index (κ3) is 3.27. The predicted molar refractivity (Wildman–Crippen MR) is 87.3 cm³/mol. The van der Waals surface area contributed by atoms with E-state index in [-0.39, 0.29) is 0 Å². The maximum Gasteiger partial charge on any atom is 0.146 e. The fourth-order valence-corrected chi connectivity index (χ4v) is 2.93. The second-order valence-electron chi connectivity index (χ2n) is 5.56. The molecule has 0 saturated carbocycles. The van der Waals surface area contributed by atoms with Gasteiger partial charge in [-0.3, -0.25) is 4.90 Å². The van der Waals surface area contributed by atoms with Gasteiger partial charge in [-0.2, -0.15) is 0 Å². The topological polar surface area (TPSA) is 41.1 Å². The average molecular weight is 292 g/mol. The molecule has 0 aliphatic rings. The van der Waals surface area contributed by atoms with Crippen LogP contribution in [0.5, 0.6) is 0 Å². The van der Waals surface area contributed by atoms with Gasteiger partial charge in [-0.1, -0.05) is 13.8 Å². The number of anilines is 1. The maximum absolute atomic E-state index is 4.69. The first kappa shape index (κ1) is 15.2. The minimum Gasteiger partial charge on any atom is -0.370 e. The molecule has 0 amide bonds. The molecule has 1 N–H and O–H groups in total. The summed E-state index contributed by atoms with van der Waals surface area (Å²) in [5.41, 5.74) is 0. The molecule has 0 fully saturated rings. The molecule has 0 saturated heterocycles. The van der Waals surface area contributed by atoms with E-state index in [1.54, 1.807) is 11.3 Å². The number of nitrogens with zero attached hydrogens (tertiary/aromatic N) is 3. The van der Waals surface area contributed by atoms with Crippen LogP contribution >= 0.6 is 11.3 Å². The highest BCUT2D eigenvalue weighted by Gasteiger charge is 2.16. The summed E-state index contributed by atoms with van der Waals surface area (Å²) in [6.07, 6.45) is 0. The first-order valence-corrected chi connectivity index (χ1v) is 8.09. The number of fused-ring (bicyclic) bond motifs is 1. The van der Waals surface area contributed by atoms with Crippen LogP contribution in [0.1, 0.15) is 33.5 Å². The molecule has 1 unspecified atom stereocenters. The monoisotopic (exact) mass is 292 g/mol. The molecule has 0 radical (unpaired) electrons. The fraction of sp³-hybridized carbons (Fsp3) is 0.600. The van der Waals surface area contributed by atoms with Crippen molar-refractivity contribution in [3.63, 3.8) is 0 Å². The normalized spacial score (nSPS) is 13.3. The third-order valence-corrected chi connectivity index (χ3v) is 4.57. The highest BCUT2D eigenvalue weighted by Crippen LogP contribution is 2.25. The number of thiophene rings is 1. The van der Waals surface area contributed by atoms with Gasteiger partial charge in [0.15, 0.2) is 0 Å². The molecular weight excluding hydrogens is 268 g/mol. The fourth-order valence-electron chi connectivity index (χ4n) is 2.15. The van der Waals surface area contributed by atoms with E-state index in [4.69, 9.17) is 0 Å². The van der Waals surface area contributed by atoms with Crippen LogP contribution in [-0.4, -0.2) is 34.5 Å². The van der Waals surface area contributed by atoms with E-state index in [1.807, 2.05) is 0 Å². The van der Waals surface area contributed by atoms with Crippen LogP contribution < -0.4 is 5.32 Å². The van der Waals surface area contributed by atoms with E-state index in [9.17, 15) is 0 Å². The summed E-state index contributed by atoms with van der Waals surface area (Å²) in [5, 5.41) is 6.54. The van der Waals surface area contributed by atoms with E-state index < -0.39 is 0 Å². The van der Waals surface area contributed by atoms with Crippen molar-refractivity contribution in [3.8, 4) is 0 Å². The van der Waals surface area contributed by atoms with Crippen LogP contribution in [-0.2, 0) is 6.54 Å². The Labute approximate surface area is 125 Å². The lowest BCUT2D eigenvalue weighted by Crippen LogP contribution is -2.33. The van der Waals surface area contributed by atoms with Gasteiger partial charge in [0.05, 0.1) is 11.9 Å². The van der Waals surface area contributed by atoms with Gasteiger partial charge in [-0.15, -0.1) is 11.3 Å². The van der Waals surface area contributed by atoms with E-state index in [0.717, 1.165) is 34.9 Å². The zero-order chi connectivity index (χ0) is 14.7. The first-order valence-electron chi connectivity index (χ1n) is 7.21. The van der Waals surface area contributed by atoms with Crippen LogP contribution in [0.4, 0.5) is 5.82 Å². The lowest BCUT2D eigenvalue weighted by molar-refractivity contribution is 0.196. The van der Waals surface area contributed by atoms with Crippen LogP contribution in [0.15, 0.2) is 11.4 Å². The van der Waals surface area contributed by atoms with E-state index >= 15 is 0 Å². The standard InChI is InChI=1S/C15H24N4S/c1-6-16-14-12-7-8-20-15(12)18-13(17-14)9-19(5)11(4)10(2)3/h7-8,10-11H,6,9H2,1-5H3,(H,16,17,18). The van der Waals surface area contributed by atoms with Crippen molar-refractivity contribution < 1.29 is 0 Å². The van der Waals surface area contributed by atoms with E-state index in [0.29, 0.717) is 12.0 Å². The molecule has 0 spiro atoms. The highest BCUT2D eigenvalue weighted by molar-refractivity contribution is 7.16. The Morgan fingerprint density at radius 1 is 1.30 bits per heavy atom. The average Bonchev–Trinajstić information content (AvgIpc) is 2.86. The van der Waals surface area contributed by atoms with Gasteiger partial charge < -0.3 is 5.32 Å². The zero-order valence-electron chi connectivity index (χ0n) is 13.0. The van der Waals surface area contributed by atoms with Crippen molar-refractivity contribution in [2.24, 2.45) is 5.92 Å². The molecule has 0 aliphatic carbocycles. The molecule has 0 aromatic carbocycles. The van der Waals surface area contributed by atoms with Gasteiger partial charge in [0.2, 0.25) is 0 Å². The molecular formula is C15H24N4S. The van der Waals surface area contributed by atoms with Gasteiger partial charge >= 0.3 is 0 Å². The SMILES string of the molecule is CCNc1nc(CN(C)C(C)C(C)C)nc2sccc12. The van der Waals surface area contributed by atoms with Gasteiger partial charge in [0, 0.05) is 12.6 Å². The number of hydrogen-bond donors (Lipinski definition) is 1. The minimum absolute atomic E-state index is 0.514. The van der Waals surface area contributed by atoms with Crippen LogP contribution in [0.3, 0.4) is 0 Å². The highest BCUT2D eigenvalue weighted by atomic mass is 32.1. The van der Waals surface area contributed by atoms with E-state index in [1.165, 1.54) is 0 Å². The maximum atomic E-state index is 4.69. The minimum atomic E-state index is 0.514. The summed E-state index contributed by atoms with van der Waals surface area (Å²) in [6, 6.07) is 2.60. The number of aromatic nitrogens is 2. The van der Waals surface area contributed by atoms with Gasteiger partial charge in [0.1, 0.15) is 16.5 Å². The molecule has 0 aliphatic heterocycles. The van der Waals surface area contributed by atoms with Gasteiger partial charge in [0.25, 0.3) is 0 Å². The lowest BCUT2D eigenvalue weighted by Gasteiger charge is -2.27. The molecule has 5 heteroatoms. The number of hydrogen-bond acceptors (Lipinski definition) is 5. The smallest absolute Gasteiger partial charge is 0.146 e. The Morgan fingerprint density at radius 3 is 2.70 bits per heavy atom. The number of nitrogens with one attached hydrogen (secondary N) is 1. The molecule has 2 aromatic heterocycles. The predicted octanol–water partition coefficient (Wildman–Crippen LogP) is 3.60. The Bertz CT molecular complexity index is 564. The molecule has 2 heterocycles. The Kier molecular flexibility index (Phi) is 4.94. The third-order valence-electron chi connectivity index (χ3n) is 3.77. The van der Waals surface area contributed by atoms with Crippen molar-refractivity contribution in [1.82, 2.24) is 14.9 Å². The van der Waals surface area contributed by atoms with Gasteiger partial charge in [-0.25, -0.2) is 9.97 Å². The molecule has 4 nitrogen and oxygen atoms in total. The summed E-state index contributed by atoms with van der Waals surface area (Å²) >= 11 is 1.67. The second-order valence-corrected chi connectivity index (χ2v) is 6.45. The lowest BCUT2D eigenvalue weighted by atomic mass is 10.1. The Hall–Kier alpha value is -1.20. The van der Waals surface area contributed by atoms with Crippen molar-refractivity contribution in [2.75, 3.05) is 18.9 Å². The second kappa shape index (κ2) is 6.50. The summed E-state index contributed by atoms with van der Waals surface area (Å²) in [5.74, 6) is 2.48. The number of rotatable bonds is 6. The molecule has 20 heavy (non-hydrogen) atoms. The van der Waals surface area contributed by atoms with Crippen molar-refractivity contribution in [3.05, 3.63) is 17.3 Å². The van der Waals surface area contributed by atoms with E-state index in [2.05, 4.69) is 66.4 Å². The molecule has 0 bridgehead atoms. The molecule has 2 aromatic rings. The van der Waals surface area contributed by atoms with Crippen LogP contribution in [0, 0.1) is 5.92 Å². The van der Waals surface area contributed by atoms with Crippen molar-refractivity contribution in [2.45, 2.75) is 40.3 Å². The molecule has 2 rings (SSSR count). The first-order chi connectivity index (χ1) is 9.52. The zero-order valence-corrected chi connectivity index (χ0v) is 13.8. The van der Waals surface area contributed by atoms with Crippen LogP contribution in [0.2, 0.25) is 0 Å². The Balaban J connectivity index is 2.25.